The molecule has 1 aromatic carbocycles. The molecular formula is C15H19N3O2. The van der Waals surface area contributed by atoms with Gasteiger partial charge in [0.15, 0.2) is 0 Å². The highest BCUT2D eigenvalue weighted by molar-refractivity contribution is 5.55. The average molecular weight is 273 g/mol. The topological polar surface area (TPSA) is 62.4 Å². The Morgan fingerprint density at radius 1 is 1.45 bits per heavy atom. The van der Waals surface area contributed by atoms with Gasteiger partial charge in [-0.15, -0.1) is 0 Å². The van der Waals surface area contributed by atoms with Crippen molar-refractivity contribution in [2.75, 3.05) is 13.1 Å². The van der Waals surface area contributed by atoms with E-state index in [2.05, 4.69) is 15.0 Å². The third kappa shape index (κ3) is 3.05. The molecule has 1 aromatic heterocycles. The van der Waals surface area contributed by atoms with Gasteiger partial charge in [0.25, 0.3) is 0 Å². The van der Waals surface area contributed by atoms with E-state index in [9.17, 15) is 5.11 Å². The number of piperidine rings is 1. The predicted molar refractivity (Wildman–Crippen MR) is 75.0 cm³/mol. The van der Waals surface area contributed by atoms with Crippen LogP contribution >= 0.6 is 0 Å². The Balaban J connectivity index is 1.70. The fourth-order valence-corrected chi connectivity index (χ4v) is 2.59. The van der Waals surface area contributed by atoms with Crippen molar-refractivity contribution in [3.8, 4) is 11.4 Å². The summed E-state index contributed by atoms with van der Waals surface area (Å²) in [5.74, 6) is 1.23. The Kier molecular flexibility index (Phi) is 3.80. The second-order valence-corrected chi connectivity index (χ2v) is 5.41. The number of nitrogens with zero attached hydrogens (tertiary/aromatic N) is 3. The van der Waals surface area contributed by atoms with E-state index >= 15 is 0 Å². The van der Waals surface area contributed by atoms with E-state index in [0.29, 0.717) is 24.8 Å². The number of aryl methyl sites for hydroxylation is 1. The number of benzene rings is 1. The number of hydrogen-bond acceptors (Lipinski definition) is 5. The van der Waals surface area contributed by atoms with Gasteiger partial charge in [-0.05, 0) is 32.4 Å². The quantitative estimate of drug-likeness (QED) is 0.926. The van der Waals surface area contributed by atoms with Crippen molar-refractivity contribution in [2.45, 2.75) is 32.4 Å². The van der Waals surface area contributed by atoms with E-state index in [1.165, 1.54) is 5.56 Å². The van der Waals surface area contributed by atoms with Crippen LogP contribution < -0.4 is 0 Å². The van der Waals surface area contributed by atoms with Gasteiger partial charge in [-0.1, -0.05) is 28.9 Å². The maximum absolute atomic E-state index is 9.66. The zero-order valence-electron chi connectivity index (χ0n) is 11.6. The summed E-state index contributed by atoms with van der Waals surface area (Å²) in [6, 6.07) is 8.05. The number of hydrogen-bond donors (Lipinski definition) is 1. The van der Waals surface area contributed by atoms with Crippen LogP contribution in [-0.4, -0.2) is 39.3 Å². The molecule has 2 aromatic rings. The Hall–Kier alpha value is -1.72. The van der Waals surface area contributed by atoms with Gasteiger partial charge in [-0.3, -0.25) is 4.90 Å². The number of β-amino-alcohol motifs (C(OH)–C–C–N with tert-alkyl or cyclic N) is 1. The van der Waals surface area contributed by atoms with Gasteiger partial charge in [-0.25, -0.2) is 0 Å². The third-order valence-electron chi connectivity index (χ3n) is 3.58. The van der Waals surface area contributed by atoms with Crippen molar-refractivity contribution < 1.29 is 9.63 Å². The first-order valence-electron chi connectivity index (χ1n) is 7.01. The van der Waals surface area contributed by atoms with E-state index in [4.69, 9.17) is 4.52 Å². The van der Waals surface area contributed by atoms with Gasteiger partial charge in [-0.2, -0.15) is 4.98 Å². The molecule has 1 saturated heterocycles. The Morgan fingerprint density at radius 2 is 2.35 bits per heavy atom. The zero-order valence-corrected chi connectivity index (χ0v) is 11.6. The van der Waals surface area contributed by atoms with Gasteiger partial charge < -0.3 is 9.63 Å². The number of aliphatic hydroxyl groups is 1. The molecule has 3 rings (SSSR count). The van der Waals surface area contributed by atoms with Crippen LogP contribution in [0.1, 0.15) is 24.3 Å². The minimum absolute atomic E-state index is 0.233. The van der Waals surface area contributed by atoms with Crippen LogP contribution in [-0.2, 0) is 6.54 Å². The van der Waals surface area contributed by atoms with Crippen LogP contribution in [0, 0.1) is 6.92 Å². The first-order chi connectivity index (χ1) is 9.70. The van der Waals surface area contributed by atoms with Crippen LogP contribution in [0.3, 0.4) is 0 Å². The molecule has 0 radical (unpaired) electrons. The lowest BCUT2D eigenvalue weighted by Crippen LogP contribution is -2.37. The SMILES string of the molecule is Cc1cccc(-c2noc(CN3CCCC(O)C3)n2)c1. The van der Waals surface area contributed by atoms with Crippen molar-refractivity contribution in [3.63, 3.8) is 0 Å². The summed E-state index contributed by atoms with van der Waals surface area (Å²) in [6.45, 7) is 4.30. The summed E-state index contributed by atoms with van der Waals surface area (Å²) in [4.78, 5) is 6.59. The van der Waals surface area contributed by atoms with Gasteiger partial charge >= 0.3 is 0 Å². The lowest BCUT2D eigenvalue weighted by atomic mass is 10.1. The van der Waals surface area contributed by atoms with Crippen LogP contribution in [0.4, 0.5) is 0 Å². The molecule has 20 heavy (non-hydrogen) atoms. The molecular weight excluding hydrogens is 254 g/mol. The fourth-order valence-electron chi connectivity index (χ4n) is 2.59. The van der Waals surface area contributed by atoms with Crippen molar-refractivity contribution >= 4 is 0 Å². The van der Waals surface area contributed by atoms with E-state index in [1.807, 2.05) is 31.2 Å². The molecule has 1 N–H and O–H groups in total. The monoisotopic (exact) mass is 273 g/mol. The molecule has 2 heterocycles. The summed E-state index contributed by atoms with van der Waals surface area (Å²) >= 11 is 0. The van der Waals surface area contributed by atoms with Gasteiger partial charge in [0.1, 0.15) is 0 Å². The lowest BCUT2D eigenvalue weighted by Gasteiger charge is -2.28. The fraction of sp³-hybridized carbons (Fsp3) is 0.467. The smallest absolute Gasteiger partial charge is 0.241 e. The molecule has 0 saturated carbocycles. The standard InChI is InChI=1S/C15H19N3O2/c1-11-4-2-5-12(8-11)15-16-14(20-17-15)10-18-7-3-6-13(19)9-18/h2,4-5,8,13,19H,3,6-7,9-10H2,1H3. The molecule has 5 nitrogen and oxygen atoms in total. The van der Waals surface area contributed by atoms with Gasteiger partial charge in [0.05, 0.1) is 12.6 Å². The van der Waals surface area contributed by atoms with Gasteiger partial charge in [0.2, 0.25) is 11.7 Å². The third-order valence-corrected chi connectivity index (χ3v) is 3.58. The summed E-state index contributed by atoms with van der Waals surface area (Å²) < 4.78 is 5.31. The molecule has 0 aliphatic carbocycles. The van der Waals surface area contributed by atoms with Crippen molar-refractivity contribution in [1.82, 2.24) is 15.0 Å². The molecule has 0 bridgehead atoms. The van der Waals surface area contributed by atoms with Crippen molar-refractivity contribution in [2.24, 2.45) is 0 Å². The number of aromatic nitrogens is 2. The van der Waals surface area contributed by atoms with E-state index in [0.717, 1.165) is 24.9 Å². The summed E-state index contributed by atoms with van der Waals surface area (Å²) in [5, 5.41) is 13.7. The highest BCUT2D eigenvalue weighted by Gasteiger charge is 2.20. The van der Waals surface area contributed by atoms with Crippen LogP contribution in [0.25, 0.3) is 11.4 Å². The normalized spacial score (nSPS) is 20.2. The average Bonchev–Trinajstić information content (AvgIpc) is 2.87. The zero-order chi connectivity index (χ0) is 13.9. The highest BCUT2D eigenvalue weighted by Crippen LogP contribution is 2.18. The number of aliphatic hydroxyl groups excluding tert-OH is 1. The minimum atomic E-state index is -0.233. The lowest BCUT2D eigenvalue weighted by molar-refractivity contribution is 0.0613. The first kappa shape index (κ1) is 13.3. The van der Waals surface area contributed by atoms with Gasteiger partial charge in [0, 0.05) is 12.1 Å². The second-order valence-electron chi connectivity index (χ2n) is 5.41. The number of rotatable bonds is 3. The van der Waals surface area contributed by atoms with Crippen LogP contribution in [0.5, 0.6) is 0 Å². The van der Waals surface area contributed by atoms with Crippen molar-refractivity contribution in [3.05, 3.63) is 35.7 Å². The minimum Gasteiger partial charge on any atom is -0.392 e. The molecule has 0 spiro atoms. The molecule has 106 valence electrons. The molecule has 0 amide bonds. The Morgan fingerprint density at radius 3 is 3.15 bits per heavy atom. The Labute approximate surface area is 118 Å². The first-order valence-corrected chi connectivity index (χ1v) is 7.01. The van der Waals surface area contributed by atoms with Crippen LogP contribution in [0.2, 0.25) is 0 Å². The molecule has 1 fully saturated rings. The maximum atomic E-state index is 9.66. The Bertz CT molecular complexity index is 582. The largest absolute Gasteiger partial charge is 0.392 e. The molecule has 1 aliphatic rings. The molecule has 1 atom stereocenters. The van der Waals surface area contributed by atoms with Crippen LogP contribution in [0.15, 0.2) is 28.8 Å². The predicted octanol–water partition coefficient (Wildman–Crippen LogP) is 2.00. The highest BCUT2D eigenvalue weighted by atomic mass is 16.5. The second kappa shape index (κ2) is 5.73. The molecule has 1 unspecified atom stereocenters. The number of likely N-dealkylation sites (tertiary alicyclic amines) is 1. The summed E-state index contributed by atoms with van der Waals surface area (Å²) in [7, 11) is 0. The van der Waals surface area contributed by atoms with Crippen molar-refractivity contribution in [1.29, 1.82) is 0 Å². The molecule has 5 heteroatoms. The van der Waals surface area contributed by atoms with E-state index < -0.39 is 0 Å². The van der Waals surface area contributed by atoms with E-state index in [-0.39, 0.29) is 6.10 Å². The summed E-state index contributed by atoms with van der Waals surface area (Å²) in [5.41, 5.74) is 2.15. The maximum Gasteiger partial charge on any atom is 0.241 e. The molecule has 1 aliphatic heterocycles. The summed E-state index contributed by atoms with van der Waals surface area (Å²) in [6.07, 6.45) is 1.66. The van der Waals surface area contributed by atoms with E-state index in [1.54, 1.807) is 0 Å².